The third kappa shape index (κ3) is 4.58. The predicted octanol–water partition coefficient (Wildman–Crippen LogP) is 6.14. The van der Waals surface area contributed by atoms with E-state index in [1.54, 1.807) is 0 Å². The van der Waals surface area contributed by atoms with Crippen molar-refractivity contribution in [3.63, 3.8) is 0 Å². The highest BCUT2D eigenvalue weighted by Gasteiger charge is 2.50. The number of quaternary nitrogens is 1. The fourth-order valence-electron chi connectivity index (χ4n) is 5.08. The van der Waals surface area contributed by atoms with Crippen molar-refractivity contribution >= 4 is 0 Å². The van der Waals surface area contributed by atoms with Gasteiger partial charge in [0, 0.05) is 17.0 Å². The fourth-order valence-corrected chi connectivity index (χ4v) is 5.08. The van der Waals surface area contributed by atoms with Crippen molar-refractivity contribution in [2.24, 2.45) is 5.92 Å². The fraction of sp³-hybridized carbons (Fsp3) is 0.517. The van der Waals surface area contributed by atoms with Crippen LogP contribution in [0.2, 0.25) is 0 Å². The topological polar surface area (TPSA) is 18.5 Å². The van der Waals surface area contributed by atoms with Crippen LogP contribution in [0.1, 0.15) is 64.7 Å². The quantitative estimate of drug-likeness (QED) is 0.427. The van der Waals surface area contributed by atoms with Crippen LogP contribution in [0.15, 0.2) is 54.6 Å². The zero-order valence-corrected chi connectivity index (χ0v) is 20.5. The lowest BCUT2D eigenvalue weighted by Crippen LogP contribution is -2.51. The maximum atomic E-state index is 6.77. The molecule has 2 aliphatic rings. The molecule has 0 aliphatic carbocycles. The summed E-state index contributed by atoms with van der Waals surface area (Å²) in [5.41, 5.74) is 1.85. The summed E-state index contributed by atoms with van der Waals surface area (Å²) in [6, 6.07) is 19.5. The first kappa shape index (κ1) is 22.9. The van der Waals surface area contributed by atoms with Crippen molar-refractivity contribution in [1.29, 1.82) is 0 Å². The molecule has 32 heavy (non-hydrogen) atoms. The van der Waals surface area contributed by atoms with Gasteiger partial charge in [0.15, 0.2) is 0 Å². The summed E-state index contributed by atoms with van der Waals surface area (Å²) in [4.78, 5) is 0. The second-order valence-electron chi connectivity index (χ2n) is 10.8. The van der Waals surface area contributed by atoms with Gasteiger partial charge in [-0.2, -0.15) is 0 Å². The van der Waals surface area contributed by atoms with E-state index >= 15 is 0 Å². The van der Waals surface area contributed by atoms with Crippen LogP contribution in [0.25, 0.3) is 0 Å². The van der Waals surface area contributed by atoms with E-state index in [0.29, 0.717) is 12.0 Å². The van der Waals surface area contributed by atoms with Crippen molar-refractivity contribution in [3.8, 4) is 17.6 Å². The number of ether oxygens (including phenoxy) is 2. The molecule has 0 unspecified atom stereocenters. The largest absolute Gasteiger partial charge is 0.487 e. The molecule has 1 saturated heterocycles. The van der Waals surface area contributed by atoms with Gasteiger partial charge < -0.3 is 14.0 Å². The molecule has 4 rings (SSSR count). The zero-order valence-electron chi connectivity index (χ0n) is 20.5. The van der Waals surface area contributed by atoms with Gasteiger partial charge in [-0.05, 0) is 59.4 Å². The molecule has 3 nitrogen and oxygen atoms in total. The Hall–Kier alpha value is -2.28. The monoisotopic (exact) mass is 432 g/mol. The van der Waals surface area contributed by atoms with Crippen molar-refractivity contribution < 1.29 is 14.0 Å². The van der Waals surface area contributed by atoms with Gasteiger partial charge in [0.25, 0.3) is 0 Å². The Balaban J connectivity index is 1.53. The molecule has 0 spiro atoms. The standard InChI is InChI=1S/C29H38NO2/c1-22(2)30(6,21-23-13-8-7-9-14-23)20-12-18-29(5)19-17-25-27(32-29)24-15-10-11-16-26(24)31-28(25,3)4/h7-11,13-16,22,25,27H,17,19-21H2,1-6H3/q+1/t25-,27+,29-,30-/m1/s1. The highest BCUT2D eigenvalue weighted by Crippen LogP contribution is 2.52. The Morgan fingerprint density at radius 3 is 2.44 bits per heavy atom. The molecule has 0 amide bonds. The molecule has 0 saturated carbocycles. The van der Waals surface area contributed by atoms with Crippen LogP contribution >= 0.6 is 0 Å². The lowest BCUT2D eigenvalue weighted by atomic mass is 9.73. The minimum absolute atomic E-state index is 0.0262. The molecule has 0 aromatic heterocycles. The van der Waals surface area contributed by atoms with Gasteiger partial charge in [-0.15, -0.1) is 0 Å². The van der Waals surface area contributed by atoms with Gasteiger partial charge in [-0.3, -0.25) is 0 Å². The Kier molecular flexibility index (Phi) is 6.14. The third-order valence-corrected chi connectivity index (χ3v) is 7.60. The lowest BCUT2D eigenvalue weighted by molar-refractivity contribution is -0.936. The summed E-state index contributed by atoms with van der Waals surface area (Å²) in [6.07, 6.45) is 2.01. The lowest BCUT2D eigenvalue weighted by Gasteiger charge is -2.50. The molecule has 3 heteroatoms. The number of fused-ring (bicyclic) bond motifs is 3. The Morgan fingerprint density at radius 2 is 1.72 bits per heavy atom. The van der Waals surface area contributed by atoms with Crippen LogP contribution in [-0.2, 0) is 11.3 Å². The van der Waals surface area contributed by atoms with E-state index < -0.39 is 5.60 Å². The van der Waals surface area contributed by atoms with Crippen molar-refractivity contribution in [3.05, 3.63) is 65.7 Å². The minimum atomic E-state index is -0.434. The van der Waals surface area contributed by atoms with E-state index in [2.05, 4.69) is 102 Å². The van der Waals surface area contributed by atoms with Crippen molar-refractivity contribution in [2.45, 2.75) is 77.4 Å². The molecular weight excluding hydrogens is 394 g/mol. The predicted molar refractivity (Wildman–Crippen MR) is 130 cm³/mol. The van der Waals surface area contributed by atoms with Crippen LogP contribution in [0, 0.1) is 17.8 Å². The number of hydrogen-bond donors (Lipinski definition) is 0. The maximum Gasteiger partial charge on any atom is 0.141 e. The van der Waals surface area contributed by atoms with E-state index in [-0.39, 0.29) is 11.7 Å². The molecule has 0 N–H and O–H groups in total. The van der Waals surface area contributed by atoms with Gasteiger partial charge >= 0.3 is 0 Å². The normalized spacial score (nSPS) is 27.8. The van der Waals surface area contributed by atoms with Crippen LogP contribution in [0.5, 0.6) is 5.75 Å². The Labute approximate surface area is 194 Å². The Morgan fingerprint density at radius 1 is 1.03 bits per heavy atom. The third-order valence-electron chi connectivity index (χ3n) is 7.60. The van der Waals surface area contributed by atoms with E-state index in [4.69, 9.17) is 9.47 Å². The van der Waals surface area contributed by atoms with Crippen molar-refractivity contribution in [1.82, 2.24) is 0 Å². The second kappa shape index (κ2) is 8.58. The van der Waals surface area contributed by atoms with Crippen LogP contribution in [-0.4, -0.2) is 35.3 Å². The average Bonchev–Trinajstić information content (AvgIpc) is 2.73. The summed E-state index contributed by atoms with van der Waals surface area (Å²) in [5.74, 6) is 8.38. The van der Waals surface area contributed by atoms with E-state index in [0.717, 1.165) is 41.7 Å². The zero-order chi connectivity index (χ0) is 23.0. The molecular formula is C29H38NO2+. The van der Waals surface area contributed by atoms with Crippen LogP contribution < -0.4 is 4.74 Å². The van der Waals surface area contributed by atoms with Gasteiger partial charge in [0.05, 0.1) is 19.2 Å². The van der Waals surface area contributed by atoms with E-state index in [1.807, 2.05) is 6.07 Å². The molecule has 0 bridgehead atoms. The molecule has 4 atom stereocenters. The van der Waals surface area contributed by atoms with Crippen LogP contribution in [0.3, 0.4) is 0 Å². The molecule has 2 aliphatic heterocycles. The molecule has 1 fully saturated rings. The summed E-state index contributed by atoms with van der Waals surface area (Å²) in [5, 5.41) is 0. The average molecular weight is 433 g/mol. The van der Waals surface area contributed by atoms with Crippen molar-refractivity contribution in [2.75, 3.05) is 13.6 Å². The van der Waals surface area contributed by atoms with Gasteiger partial charge in [-0.25, -0.2) is 0 Å². The SMILES string of the molecule is CC(C)[N@+](C)(CC#C[C@]1(C)CC[C@@H]2[C@@H](O1)c1ccccc1OC2(C)C)Cc1ccccc1. The molecule has 2 heterocycles. The second-order valence-corrected chi connectivity index (χ2v) is 10.8. The molecule has 0 radical (unpaired) electrons. The first-order valence-corrected chi connectivity index (χ1v) is 12.0. The smallest absolute Gasteiger partial charge is 0.141 e. The number of para-hydroxylation sites is 1. The van der Waals surface area contributed by atoms with Gasteiger partial charge in [0.2, 0.25) is 0 Å². The maximum absolute atomic E-state index is 6.77. The first-order valence-electron chi connectivity index (χ1n) is 12.0. The number of nitrogens with zero attached hydrogens (tertiary/aromatic N) is 1. The summed E-state index contributed by atoms with van der Waals surface area (Å²) in [6.45, 7) is 12.9. The molecule has 2 aromatic carbocycles. The van der Waals surface area contributed by atoms with Gasteiger partial charge in [0.1, 0.15) is 30.0 Å². The number of rotatable bonds is 4. The summed E-state index contributed by atoms with van der Waals surface area (Å²) >= 11 is 0. The number of benzene rings is 2. The van der Waals surface area contributed by atoms with Crippen LogP contribution in [0.4, 0.5) is 0 Å². The van der Waals surface area contributed by atoms with E-state index in [9.17, 15) is 0 Å². The number of hydrogen-bond acceptors (Lipinski definition) is 2. The summed E-state index contributed by atoms with van der Waals surface area (Å²) < 4.78 is 14.0. The highest BCUT2D eigenvalue weighted by atomic mass is 16.5. The van der Waals surface area contributed by atoms with E-state index in [1.165, 1.54) is 5.56 Å². The highest BCUT2D eigenvalue weighted by molar-refractivity contribution is 5.39. The van der Waals surface area contributed by atoms with Gasteiger partial charge in [-0.1, -0.05) is 54.5 Å². The summed E-state index contributed by atoms with van der Waals surface area (Å²) in [7, 11) is 2.31. The molecule has 2 aromatic rings. The Bertz CT molecular complexity index is 1000. The first-order chi connectivity index (χ1) is 15.1. The minimum Gasteiger partial charge on any atom is -0.487 e. The molecule has 170 valence electrons.